The molecule has 0 unspecified atom stereocenters. The van der Waals surface area contributed by atoms with E-state index >= 15 is 0 Å². The van der Waals surface area contributed by atoms with E-state index in [4.69, 9.17) is 0 Å². The van der Waals surface area contributed by atoms with Crippen LogP contribution >= 0.6 is 11.8 Å². The Morgan fingerprint density at radius 2 is 2.00 bits per heavy atom. The minimum absolute atomic E-state index is 0.187. The summed E-state index contributed by atoms with van der Waals surface area (Å²) in [5.74, 6) is 0.536. The Balaban J connectivity index is 2.79. The second-order valence-electron chi connectivity index (χ2n) is 4.36. The van der Waals surface area contributed by atoms with Crippen LogP contribution in [0.15, 0.2) is 23.1 Å². The third-order valence-electron chi connectivity index (χ3n) is 2.41. The van der Waals surface area contributed by atoms with Crippen molar-refractivity contribution in [2.24, 2.45) is 0 Å². The first-order valence-corrected chi connectivity index (χ1v) is 7.22. The summed E-state index contributed by atoms with van der Waals surface area (Å²) in [5.41, 5.74) is 0.405. The van der Waals surface area contributed by atoms with E-state index in [0.29, 0.717) is 5.69 Å². The van der Waals surface area contributed by atoms with Gasteiger partial charge >= 0.3 is 6.36 Å². The Morgan fingerprint density at radius 3 is 2.55 bits per heavy atom. The largest absolute Gasteiger partial charge is 0.573 e. The molecule has 0 atom stereocenters. The van der Waals surface area contributed by atoms with Gasteiger partial charge in [0.2, 0.25) is 0 Å². The molecule has 0 spiro atoms. The summed E-state index contributed by atoms with van der Waals surface area (Å²) in [7, 11) is 3.37. The first kappa shape index (κ1) is 17.0. The Labute approximate surface area is 121 Å². The van der Waals surface area contributed by atoms with Crippen LogP contribution in [-0.2, 0) is 0 Å². The predicted molar refractivity (Wildman–Crippen MR) is 76.5 cm³/mol. The van der Waals surface area contributed by atoms with Gasteiger partial charge in [-0.3, -0.25) is 0 Å². The van der Waals surface area contributed by atoms with Gasteiger partial charge in [0.25, 0.3) is 0 Å². The van der Waals surface area contributed by atoms with Gasteiger partial charge < -0.3 is 15.0 Å². The van der Waals surface area contributed by atoms with Gasteiger partial charge in [-0.25, -0.2) is 0 Å². The van der Waals surface area contributed by atoms with Crippen molar-refractivity contribution in [3.63, 3.8) is 0 Å². The van der Waals surface area contributed by atoms with E-state index in [1.807, 2.05) is 0 Å². The molecule has 7 heteroatoms. The minimum Gasteiger partial charge on any atom is -0.404 e. The molecular formula is C13H19F3N2OS. The lowest BCUT2D eigenvalue weighted by Crippen LogP contribution is -2.20. The lowest BCUT2D eigenvalue weighted by Gasteiger charge is -2.19. The topological polar surface area (TPSA) is 24.5 Å². The zero-order valence-electron chi connectivity index (χ0n) is 11.8. The molecule has 0 aliphatic carbocycles. The van der Waals surface area contributed by atoms with Gasteiger partial charge in [-0.15, -0.1) is 24.9 Å². The quantitative estimate of drug-likeness (QED) is 0.471. The number of halogens is 3. The summed E-state index contributed by atoms with van der Waals surface area (Å²) in [6.45, 7) is 2.99. The average molecular weight is 308 g/mol. The van der Waals surface area contributed by atoms with E-state index in [1.165, 1.54) is 6.07 Å². The minimum atomic E-state index is -4.68. The standard InChI is InChI=1S/C13H19F3N2OS/c1-4-7-17-9-20-10-5-6-12(19-13(14,15)16)11(8-10)18(2)3/h5-6,8,17H,4,7,9H2,1-3H3. The van der Waals surface area contributed by atoms with Crippen LogP contribution < -0.4 is 15.0 Å². The molecule has 0 heterocycles. The smallest absolute Gasteiger partial charge is 0.404 e. The number of nitrogens with zero attached hydrogens (tertiary/aromatic N) is 1. The fourth-order valence-electron chi connectivity index (χ4n) is 1.53. The normalized spacial score (nSPS) is 11.5. The van der Waals surface area contributed by atoms with Crippen molar-refractivity contribution in [1.82, 2.24) is 5.32 Å². The van der Waals surface area contributed by atoms with Gasteiger partial charge in [0.05, 0.1) is 5.69 Å². The van der Waals surface area contributed by atoms with Crippen LogP contribution in [0.5, 0.6) is 5.75 Å². The molecule has 0 amide bonds. The Morgan fingerprint density at radius 1 is 1.30 bits per heavy atom. The van der Waals surface area contributed by atoms with Gasteiger partial charge in [-0.05, 0) is 31.2 Å². The zero-order valence-corrected chi connectivity index (χ0v) is 12.6. The molecule has 0 radical (unpaired) electrons. The lowest BCUT2D eigenvalue weighted by atomic mass is 10.3. The van der Waals surface area contributed by atoms with Gasteiger partial charge in [0, 0.05) is 24.9 Å². The number of ether oxygens (including phenoxy) is 1. The number of hydrogen-bond acceptors (Lipinski definition) is 4. The Bertz CT molecular complexity index is 425. The highest BCUT2D eigenvalue weighted by atomic mass is 32.2. The van der Waals surface area contributed by atoms with Gasteiger partial charge in [0.1, 0.15) is 0 Å². The van der Waals surface area contributed by atoms with Gasteiger partial charge in [0.15, 0.2) is 5.75 Å². The lowest BCUT2D eigenvalue weighted by molar-refractivity contribution is -0.274. The van der Waals surface area contributed by atoms with E-state index in [0.717, 1.165) is 23.7 Å². The van der Waals surface area contributed by atoms with E-state index in [1.54, 1.807) is 42.9 Å². The summed E-state index contributed by atoms with van der Waals surface area (Å²) in [6, 6.07) is 4.68. The molecule has 0 aromatic heterocycles. The summed E-state index contributed by atoms with van der Waals surface area (Å²) >= 11 is 1.54. The maximum Gasteiger partial charge on any atom is 0.573 e. The van der Waals surface area contributed by atoms with Crippen molar-refractivity contribution in [3.8, 4) is 5.75 Å². The molecule has 0 saturated heterocycles. The molecule has 20 heavy (non-hydrogen) atoms. The van der Waals surface area contributed by atoms with Crippen LogP contribution in [-0.4, -0.2) is 32.9 Å². The van der Waals surface area contributed by atoms with E-state index in [-0.39, 0.29) is 5.75 Å². The first-order valence-electron chi connectivity index (χ1n) is 6.24. The number of alkyl halides is 3. The van der Waals surface area contributed by atoms with E-state index in [2.05, 4.69) is 17.0 Å². The molecule has 0 saturated carbocycles. The third kappa shape index (κ3) is 5.92. The predicted octanol–water partition coefficient (Wildman–Crippen LogP) is 3.70. The third-order valence-corrected chi connectivity index (χ3v) is 3.34. The summed E-state index contributed by atoms with van der Waals surface area (Å²) in [6.07, 6.45) is -3.63. The van der Waals surface area contributed by atoms with Crippen molar-refractivity contribution in [1.29, 1.82) is 0 Å². The van der Waals surface area contributed by atoms with Crippen LogP contribution in [0.1, 0.15) is 13.3 Å². The highest BCUT2D eigenvalue weighted by Crippen LogP contribution is 2.35. The molecule has 1 aromatic rings. The molecular weight excluding hydrogens is 289 g/mol. The van der Waals surface area contributed by atoms with Gasteiger partial charge in [-0.2, -0.15) is 0 Å². The van der Waals surface area contributed by atoms with Crippen molar-refractivity contribution >= 4 is 17.4 Å². The molecule has 0 aliphatic rings. The molecule has 0 bridgehead atoms. The summed E-state index contributed by atoms with van der Waals surface area (Å²) in [5, 5.41) is 3.22. The monoisotopic (exact) mass is 308 g/mol. The van der Waals surface area contributed by atoms with Gasteiger partial charge in [-0.1, -0.05) is 6.92 Å². The molecule has 0 aliphatic heterocycles. The Kier molecular flexibility index (Phi) is 6.48. The zero-order chi connectivity index (χ0) is 15.2. The van der Waals surface area contributed by atoms with Crippen molar-refractivity contribution in [2.45, 2.75) is 24.6 Å². The number of rotatable bonds is 7. The number of hydrogen-bond donors (Lipinski definition) is 1. The molecule has 114 valence electrons. The second-order valence-corrected chi connectivity index (χ2v) is 5.41. The average Bonchev–Trinajstić information content (AvgIpc) is 2.34. The fraction of sp³-hybridized carbons (Fsp3) is 0.538. The van der Waals surface area contributed by atoms with Crippen LogP contribution in [0, 0.1) is 0 Å². The Hall–Kier alpha value is -1.08. The van der Waals surface area contributed by atoms with E-state index < -0.39 is 6.36 Å². The highest BCUT2D eigenvalue weighted by Gasteiger charge is 2.32. The van der Waals surface area contributed by atoms with Crippen LogP contribution in [0.2, 0.25) is 0 Å². The number of anilines is 1. The maximum absolute atomic E-state index is 12.3. The van der Waals surface area contributed by atoms with Crippen LogP contribution in [0.3, 0.4) is 0 Å². The molecule has 0 fully saturated rings. The van der Waals surface area contributed by atoms with Crippen molar-refractivity contribution in [2.75, 3.05) is 31.4 Å². The summed E-state index contributed by atoms with van der Waals surface area (Å²) < 4.78 is 41.0. The molecule has 1 N–H and O–H groups in total. The SMILES string of the molecule is CCCNCSc1ccc(OC(F)(F)F)c(N(C)C)c1. The first-order chi connectivity index (χ1) is 9.33. The molecule has 1 aromatic carbocycles. The molecule has 3 nitrogen and oxygen atoms in total. The maximum atomic E-state index is 12.3. The number of thioether (sulfide) groups is 1. The molecule has 1 rings (SSSR count). The van der Waals surface area contributed by atoms with E-state index in [9.17, 15) is 13.2 Å². The van der Waals surface area contributed by atoms with Crippen molar-refractivity contribution in [3.05, 3.63) is 18.2 Å². The van der Waals surface area contributed by atoms with Crippen LogP contribution in [0.4, 0.5) is 18.9 Å². The highest BCUT2D eigenvalue weighted by molar-refractivity contribution is 7.99. The second kappa shape index (κ2) is 7.64. The number of nitrogens with one attached hydrogen (secondary N) is 1. The van der Waals surface area contributed by atoms with Crippen LogP contribution in [0.25, 0.3) is 0 Å². The fourth-order valence-corrected chi connectivity index (χ4v) is 2.30. The summed E-state index contributed by atoms with van der Waals surface area (Å²) in [4.78, 5) is 2.50. The number of benzene rings is 1. The van der Waals surface area contributed by atoms with Crippen molar-refractivity contribution < 1.29 is 17.9 Å².